The zero-order valence-corrected chi connectivity index (χ0v) is 17.6. The van der Waals surface area contributed by atoms with E-state index in [1.165, 1.54) is 23.2 Å². The van der Waals surface area contributed by atoms with Crippen molar-refractivity contribution in [2.24, 2.45) is 5.73 Å². The normalized spacial score (nSPS) is 10.6. The van der Waals surface area contributed by atoms with Gasteiger partial charge in [0.15, 0.2) is 0 Å². The van der Waals surface area contributed by atoms with Crippen LogP contribution in [0.15, 0.2) is 66.2 Å². The van der Waals surface area contributed by atoms with Crippen molar-refractivity contribution in [2.45, 2.75) is 13.5 Å². The number of aromatic nitrogens is 1. The van der Waals surface area contributed by atoms with Gasteiger partial charge in [-0.05, 0) is 46.7 Å². The Kier molecular flexibility index (Phi) is 5.81. The summed E-state index contributed by atoms with van der Waals surface area (Å²) in [7, 11) is 0. The van der Waals surface area contributed by atoms with Crippen LogP contribution in [0.2, 0.25) is 0 Å². The summed E-state index contributed by atoms with van der Waals surface area (Å²) in [6.45, 7) is 2.01. The first-order chi connectivity index (χ1) is 15.0. The molecule has 0 aliphatic heterocycles. The van der Waals surface area contributed by atoms with Gasteiger partial charge in [0.1, 0.15) is 5.82 Å². The van der Waals surface area contributed by atoms with Crippen molar-refractivity contribution in [3.63, 3.8) is 0 Å². The minimum Gasteiger partial charge on any atom is -0.380 e. The van der Waals surface area contributed by atoms with Crippen molar-refractivity contribution in [3.8, 4) is 0 Å². The molecule has 4 aromatic rings. The number of rotatable bonds is 7. The molecule has 7 nitrogen and oxygen atoms in total. The maximum atomic E-state index is 11.9. The molecular formula is C23H21N5O2S. The van der Waals surface area contributed by atoms with Gasteiger partial charge >= 0.3 is 0 Å². The molecule has 0 radical (unpaired) electrons. The van der Waals surface area contributed by atoms with E-state index < -0.39 is 5.91 Å². The standard InChI is InChI=1S/C23H21N5O2S/c1-14(29)27-17-5-7-18(8-6-17)28-21-11-20(19(13-26-21)23(24)30)25-12-16-4-2-3-15-9-10-31-22(15)16/h2-11,13H,12H2,1H3,(H2,24,30)(H,27,29)(H2,25,26,28). The van der Waals surface area contributed by atoms with E-state index in [1.807, 2.05) is 18.2 Å². The highest BCUT2D eigenvalue weighted by atomic mass is 32.1. The summed E-state index contributed by atoms with van der Waals surface area (Å²) in [4.78, 5) is 27.3. The van der Waals surface area contributed by atoms with Crippen molar-refractivity contribution in [1.82, 2.24) is 4.98 Å². The third-order valence-electron chi connectivity index (χ3n) is 4.68. The molecule has 0 aliphatic carbocycles. The number of hydrogen-bond acceptors (Lipinski definition) is 6. The fraction of sp³-hybridized carbons (Fsp3) is 0.0870. The number of hydrogen-bond donors (Lipinski definition) is 4. The topological polar surface area (TPSA) is 109 Å². The average Bonchev–Trinajstić information content (AvgIpc) is 3.23. The number of thiophene rings is 1. The average molecular weight is 432 g/mol. The monoisotopic (exact) mass is 431 g/mol. The van der Waals surface area contributed by atoms with E-state index >= 15 is 0 Å². The highest BCUT2D eigenvalue weighted by Crippen LogP contribution is 2.27. The van der Waals surface area contributed by atoms with Gasteiger partial charge in [-0.3, -0.25) is 9.59 Å². The maximum absolute atomic E-state index is 11.9. The molecule has 156 valence electrons. The van der Waals surface area contributed by atoms with Gasteiger partial charge in [0, 0.05) is 41.8 Å². The number of anilines is 4. The second kappa shape index (κ2) is 8.85. The molecule has 0 aliphatic rings. The summed E-state index contributed by atoms with van der Waals surface area (Å²) in [6.07, 6.45) is 1.46. The summed E-state index contributed by atoms with van der Waals surface area (Å²) in [5, 5.41) is 12.5. The van der Waals surface area contributed by atoms with Gasteiger partial charge in [-0.15, -0.1) is 11.3 Å². The Balaban J connectivity index is 1.54. The Morgan fingerprint density at radius 1 is 1.06 bits per heavy atom. The Morgan fingerprint density at radius 2 is 1.84 bits per heavy atom. The molecule has 0 saturated heterocycles. The molecule has 2 aromatic carbocycles. The van der Waals surface area contributed by atoms with Crippen molar-refractivity contribution >= 4 is 56.1 Å². The Labute approximate surface area is 183 Å². The fourth-order valence-corrected chi connectivity index (χ4v) is 4.15. The molecule has 2 aromatic heterocycles. The van der Waals surface area contributed by atoms with E-state index in [1.54, 1.807) is 29.5 Å². The first-order valence-electron chi connectivity index (χ1n) is 9.63. The van der Waals surface area contributed by atoms with Crippen LogP contribution in [0.4, 0.5) is 22.9 Å². The number of carbonyl (C=O) groups excluding carboxylic acids is 2. The number of nitrogens with two attached hydrogens (primary N) is 1. The van der Waals surface area contributed by atoms with Crippen LogP contribution in [0.3, 0.4) is 0 Å². The largest absolute Gasteiger partial charge is 0.380 e. The number of nitrogens with one attached hydrogen (secondary N) is 3. The number of benzene rings is 2. The quantitative estimate of drug-likeness (QED) is 0.339. The Morgan fingerprint density at radius 3 is 2.58 bits per heavy atom. The Hall–Kier alpha value is -3.91. The van der Waals surface area contributed by atoms with Crippen LogP contribution in [0.1, 0.15) is 22.8 Å². The minimum atomic E-state index is -0.546. The van der Waals surface area contributed by atoms with Gasteiger partial charge in [0.25, 0.3) is 5.91 Å². The molecule has 5 N–H and O–H groups in total. The summed E-state index contributed by atoms with van der Waals surface area (Å²) in [5.74, 6) is -0.108. The Bertz CT molecular complexity index is 1250. The number of pyridine rings is 1. The van der Waals surface area contributed by atoms with Gasteiger partial charge in [-0.1, -0.05) is 18.2 Å². The molecule has 8 heteroatoms. The molecule has 4 rings (SSSR count). The number of nitrogens with zero attached hydrogens (tertiary/aromatic N) is 1. The van der Waals surface area contributed by atoms with Crippen LogP contribution in [0.5, 0.6) is 0 Å². The lowest BCUT2D eigenvalue weighted by Gasteiger charge is -2.13. The van der Waals surface area contributed by atoms with Gasteiger partial charge in [0.2, 0.25) is 5.91 Å². The zero-order chi connectivity index (χ0) is 21.8. The van der Waals surface area contributed by atoms with Crippen LogP contribution in [-0.2, 0) is 11.3 Å². The first kappa shape index (κ1) is 20.4. The molecule has 2 heterocycles. The van der Waals surface area contributed by atoms with Crippen LogP contribution >= 0.6 is 11.3 Å². The molecule has 0 fully saturated rings. The predicted octanol–water partition coefficient (Wildman–Crippen LogP) is 4.71. The zero-order valence-electron chi connectivity index (χ0n) is 16.8. The number of primary amides is 1. The van der Waals surface area contributed by atoms with Gasteiger partial charge in [-0.2, -0.15) is 0 Å². The molecule has 0 unspecified atom stereocenters. The van der Waals surface area contributed by atoms with E-state index in [9.17, 15) is 9.59 Å². The van der Waals surface area contributed by atoms with E-state index in [0.29, 0.717) is 29.3 Å². The maximum Gasteiger partial charge on any atom is 0.252 e. The molecule has 0 saturated carbocycles. The van der Waals surface area contributed by atoms with Crippen molar-refractivity contribution in [3.05, 3.63) is 77.3 Å². The van der Waals surface area contributed by atoms with Gasteiger partial charge < -0.3 is 21.7 Å². The second-order valence-electron chi connectivity index (χ2n) is 6.97. The summed E-state index contributed by atoms with van der Waals surface area (Å²) in [6, 6.07) is 17.3. The van der Waals surface area contributed by atoms with Crippen molar-refractivity contribution < 1.29 is 9.59 Å². The minimum absolute atomic E-state index is 0.127. The molecule has 31 heavy (non-hydrogen) atoms. The summed E-state index contributed by atoms with van der Waals surface area (Å²) in [5.41, 5.74) is 9.12. The molecule has 0 spiro atoms. The van der Waals surface area contributed by atoms with Crippen LogP contribution in [-0.4, -0.2) is 16.8 Å². The summed E-state index contributed by atoms with van der Waals surface area (Å²) < 4.78 is 1.21. The van der Waals surface area contributed by atoms with Crippen molar-refractivity contribution in [1.29, 1.82) is 0 Å². The third-order valence-corrected chi connectivity index (χ3v) is 5.68. The molecule has 0 bridgehead atoms. The smallest absolute Gasteiger partial charge is 0.252 e. The van der Waals surface area contributed by atoms with E-state index in [2.05, 4.69) is 44.5 Å². The first-order valence-corrected chi connectivity index (χ1v) is 10.5. The lowest BCUT2D eigenvalue weighted by Crippen LogP contribution is -2.15. The van der Waals surface area contributed by atoms with E-state index in [-0.39, 0.29) is 5.91 Å². The predicted molar refractivity (Wildman–Crippen MR) is 126 cm³/mol. The van der Waals surface area contributed by atoms with Gasteiger partial charge in [0.05, 0.1) is 11.3 Å². The molecule has 0 atom stereocenters. The summed E-state index contributed by atoms with van der Waals surface area (Å²) >= 11 is 1.69. The van der Waals surface area contributed by atoms with Crippen LogP contribution in [0.25, 0.3) is 10.1 Å². The lowest BCUT2D eigenvalue weighted by molar-refractivity contribution is -0.114. The SMILES string of the molecule is CC(=O)Nc1ccc(Nc2cc(NCc3cccc4ccsc34)c(C(N)=O)cn2)cc1. The highest BCUT2D eigenvalue weighted by molar-refractivity contribution is 7.17. The van der Waals surface area contributed by atoms with E-state index in [4.69, 9.17) is 5.73 Å². The molecular weight excluding hydrogens is 410 g/mol. The number of carbonyl (C=O) groups is 2. The lowest BCUT2D eigenvalue weighted by atomic mass is 10.1. The molecule has 2 amide bonds. The number of amides is 2. The van der Waals surface area contributed by atoms with Crippen LogP contribution in [0, 0.1) is 0 Å². The second-order valence-corrected chi connectivity index (χ2v) is 7.89. The third kappa shape index (κ3) is 4.81. The van der Waals surface area contributed by atoms with Gasteiger partial charge in [-0.25, -0.2) is 4.98 Å². The van der Waals surface area contributed by atoms with Crippen molar-refractivity contribution in [2.75, 3.05) is 16.0 Å². The van der Waals surface area contributed by atoms with E-state index in [0.717, 1.165) is 11.3 Å². The fourth-order valence-electron chi connectivity index (χ4n) is 3.24. The number of fused-ring (bicyclic) bond motifs is 1. The highest BCUT2D eigenvalue weighted by Gasteiger charge is 2.12. The van der Waals surface area contributed by atoms with Crippen LogP contribution < -0.4 is 21.7 Å².